The second-order valence-electron chi connectivity index (χ2n) is 16.2. The number of aromatic hydroxyl groups is 1. The molecule has 7 rings (SSSR count). The molecule has 6 atom stereocenters. The minimum absolute atomic E-state index is 0.0935. The fraction of sp³-hybridized carbons (Fsp3) is 0.319. The summed E-state index contributed by atoms with van der Waals surface area (Å²) in [6, 6.07) is 33.7. The summed E-state index contributed by atoms with van der Waals surface area (Å²) in [5.41, 5.74) is 1.47. The molecule has 1 fully saturated rings. The highest BCUT2D eigenvalue weighted by atomic mass is 31.2. The van der Waals surface area contributed by atoms with Crippen LogP contribution in [-0.2, 0) is 25.7 Å². The number of hydrogen-bond acceptors (Lipinski definition) is 10. The van der Waals surface area contributed by atoms with Crippen LogP contribution >= 0.6 is 7.26 Å². The van der Waals surface area contributed by atoms with Crippen molar-refractivity contribution in [3.8, 4) is 5.75 Å². The van der Waals surface area contributed by atoms with E-state index in [0.717, 1.165) is 19.0 Å². The molecule has 2 amide bonds. The zero-order valence-electron chi connectivity index (χ0n) is 33.8. The molecule has 0 radical (unpaired) electrons. The highest BCUT2D eigenvalue weighted by Crippen LogP contribution is 2.57. The first-order valence-corrected chi connectivity index (χ1v) is 22.1. The third-order valence-corrected chi connectivity index (χ3v) is 17.2. The van der Waals surface area contributed by atoms with Crippen LogP contribution in [0.3, 0.4) is 0 Å². The lowest BCUT2D eigenvalue weighted by atomic mass is 9.54. The summed E-state index contributed by atoms with van der Waals surface area (Å²) in [6.07, 6.45) is 1.84. The van der Waals surface area contributed by atoms with Gasteiger partial charge in [-0.05, 0) is 81.2 Å². The maximum absolute atomic E-state index is 14.3. The van der Waals surface area contributed by atoms with Crippen molar-refractivity contribution in [2.75, 3.05) is 20.3 Å². The van der Waals surface area contributed by atoms with Crippen molar-refractivity contribution in [3.63, 3.8) is 0 Å². The topological polar surface area (TPSA) is 211 Å². The largest absolute Gasteiger partial charge is 0.508 e. The van der Waals surface area contributed by atoms with Crippen LogP contribution in [0.25, 0.3) is 5.76 Å². The number of carbonyl (C=O) groups excluding carboxylic acids is 4. The van der Waals surface area contributed by atoms with Crippen LogP contribution in [0.15, 0.2) is 120 Å². The lowest BCUT2D eigenvalue weighted by molar-refractivity contribution is -0.169. The number of fused-ring (bicyclic) bond motifs is 3. The first kappa shape index (κ1) is 42.5. The highest BCUT2D eigenvalue weighted by molar-refractivity contribution is 7.95. The Kier molecular flexibility index (Phi) is 11.9. The van der Waals surface area contributed by atoms with Gasteiger partial charge in [0.2, 0.25) is 11.7 Å². The molecule has 0 saturated heterocycles. The number of rotatable bonds is 13. The van der Waals surface area contributed by atoms with Crippen molar-refractivity contribution in [1.82, 2.24) is 10.2 Å². The van der Waals surface area contributed by atoms with Gasteiger partial charge in [-0.25, -0.2) is 0 Å². The molecule has 0 aliphatic heterocycles. The first-order valence-electron chi connectivity index (χ1n) is 20.2. The molecular weight excluding hydrogens is 782 g/mol. The van der Waals surface area contributed by atoms with Gasteiger partial charge < -0.3 is 36.6 Å². The van der Waals surface area contributed by atoms with Gasteiger partial charge in [-0.3, -0.25) is 24.1 Å². The molecule has 0 bridgehead atoms. The molecule has 12 nitrogen and oxygen atoms in total. The molecule has 0 spiro atoms. The van der Waals surface area contributed by atoms with Crippen molar-refractivity contribution in [2.45, 2.75) is 62.8 Å². The summed E-state index contributed by atoms with van der Waals surface area (Å²) in [5, 5.41) is 65.0. The van der Waals surface area contributed by atoms with Crippen molar-refractivity contribution < 1.29 is 44.7 Å². The second kappa shape index (κ2) is 16.8. The van der Waals surface area contributed by atoms with Gasteiger partial charge in [0.15, 0.2) is 11.4 Å². The predicted octanol–water partition coefficient (Wildman–Crippen LogP) is 3.67. The summed E-state index contributed by atoms with van der Waals surface area (Å²) in [7, 11) is 0.922. The zero-order valence-corrected chi connectivity index (χ0v) is 34.7. The number of nitrogens with one attached hydrogen (secondary N) is 1. The normalized spacial score (nSPS) is 23.9. The van der Waals surface area contributed by atoms with E-state index in [9.17, 15) is 44.7 Å². The average Bonchev–Trinajstić information content (AvgIpc) is 3.24. The monoisotopic (exact) mass is 832 g/mol. The van der Waals surface area contributed by atoms with E-state index in [1.54, 1.807) is 19.1 Å². The van der Waals surface area contributed by atoms with E-state index >= 15 is 0 Å². The number of carbonyl (C=O) groups is 4. The Bertz CT molecular complexity index is 2290. The molecule has 60 heavy (non-hydrogen) atoms. The molecule has 8 N–H and O–H groups in total. The maximum Gasteiger partial charge on any atom is 0.255 e. The van der Waals surface area contributed by atoms with E-state index in [0.29, 0.717) is 12.0 Å². The smallest absolute Gasteiger partial charge is 0.255 e. The number of Topliss-reactive ketones (excluding diaryl/α,β-unsaturated/α-hetero) is 2. The standard InChI is InChI=1S/C47H50N3O9P/c1-27-32-24-23-28(40(52)35(32)41(53)36-34(27)42(54)38-39(50(2)3)43(55)37(46(48)58)45(57)47(38,59)44(36)56)26-49-33(51)22-14-7-15-25-60(29-16-8-4-9-17-29,30-18-10-5-11-19-30)31-20-12-6-13-21-31/h4-6,8-13,16-21,23-24,27,34,38-39,42,54,59H,7,14-15,22,25-26H2,1-3H3,(H5-,48,49,51,52,53,55,56,57,58)/p+1/t27-,34+,38+,39-,42-,47-/m0/s1. The van der Waals surface area contributed by atoms with E-state index in [4.69, 9.17) is 5.73 Å². The van der Waals surface area contributed by atoms with Gasteiger partial charge in [0.25, 0.3) is 5.91 Å². The summed E-state index contributed by atoms with van der Waals surface area (Å²) < 4.78 is 0. The fourth-order valence-electron chi connectivity index (χ4n) is 9.78. The van der Waals surface area contributed by atoms with Crippen molar-refractivity contribution in [3.05, 3.63) is 137 Å². The third-order valence-electron chi connectivity index (χ3n) is 12.7. The Balaban J connectivity index is 1.07. The summed E-state index contributed by atoms with van der Waals surface area (Å²) in [4.78, 5) is 54.5. The van der Waals surface area contributed by atoms with Crippen LogP contribution in [0.1, 0.15) is 55.2 Å². The molecule has 312 valence electrons. The number of phenols is 1. The Labute approximate surface area is 349 Å². The lowest BCUT2D eigenvalue weighted by Crippen LogP contribution is -2.70. The summed E-state index contributed by atoms with van der Waals surface area (Å²) in [6.45, 7) is 1.58. The Hall–Kier alpha value is -5.65. The molecule has 4 aromatic carbocycles. The van der Waals surface area contributed by atoms with E-state index in [-0.39, 0.29) is 30.0 Å². The molecule has 0 heterocycles. The Morgan fingerprint density at radius 2 is 1.37 bits per heavy atom. The van der Waals surface area contributed by atoms with Crippen LogP contribution in [0.5, 0.6) is 5.75 Å². The lowest BCUT2D eigenvalue weighted by Gasteiger charge is -2.53. The molecule has 0 unspecified atom stereocenters. The van der Waals surface area contributed by atoms with E-state index in [1.807, 2.05) is 18.2 Å². The van der Waals surface area contributed by atoms with Crippen LogP contribution in [0.2, 0.25) is 0 Å². The van der Waals surface area contributed by atoms with Crippen LogP contribution in [0.4, 0.5) is 0 Å². The number of nitrogens with two attached hydrogens (primary N) is 1. The number of hydrogen-bond donors (Lipinski definition) is 7. The summed E-state index contributed by atoms with van der Waals surface area (Å²) >= 11 is 0. The number of nitrogens with zero attached hydrogens (tertiary/aromatic N) is 1. The maximum atomic E-state index is 14.3. The minimum Gasteiger partial charge on any atom is -0.508 e. The molecule has 3 aliphatic carbocycles. The number of ketones is 2. The fourth-order valence-corrected chi connectivity index (χ4v) is 14.2. The van der Waals surface area contributed by atoms with E-state index < -0.39 is 88.7 Å². The van der Waals surface area contributed by atoms with Crippen LogP contribution in [-0.4, -0.2) is 91.8 Å². The second-order valence-corrected chi connectivity index (χ2v) is 19.8. The minimum atomic E-state index is -3.00. The van der Waals surface area contributed by atoms with Crippen molar-refractivity contribution >= 4 is 52.3 Å². The number of primary amides is 1. The SMILES string of the molecule is C[C@H]1c2ccc(CNC(=O)CCCCC[P+](c3ccccc3)(c3ccccc3)c3ccccc3)c(O)c2C(O)=C2C(=O)[C@]3(O)C(O)=C(C(N)=O)C(=O)[C@@H](N(C)C)[C@@H]3[C@@H](O)[C@@H]21. The first-order chi connectivity index (χ1) is 28.7. The zero-order chi connectivity index (χ0) is 43.1. The van der Waals surface area contributed by atoms with Crippen molar-refractivity contribution in [2.24, 2.45) is 17.6 Å². The number of phenolic OH excluding ortho intramolecular Hbond substituents is 1. The number of aliphatic hydroxyl groups excluding tert-OH is 3. The molecule has 1 saturated carbocycles. The number of amides is 2. The molecule has 3 aliphatic rings. The Morgan fingerprint density at radius 1 is 0.817 bits per heavy atom. The highest BCUT2D eigenvalue weighted by Gasteiger charge is 2.68. The van der Waals surface area contributed by atoms with Gasteiger partial charge >= 0.3 is 0 Å². The van der Waals surface area contributed by atoms with Gasteiger partial charge in [-0.2, -0.15) is 0 Å². The van der Waals surface area contributed by atoms with Crippen LogP contribution < -0.4 is 27.0 Å². The number of benzene rings is 4. The molecule has 0 aromatic heterocycles. The van der Waals surface area contributed by atoms with E-state index in [1.165, 1.54) is 34.9 Å². The third kappa shape index (κ3) is 6.91. The van der Waals surface area contributed by atoms with E-state index in [2.05, 4.69) is 78.1 Å². The molecule has 13 heteroatoms. The average molecular weight is 833 g/mol. The predicted molar refractivity (Wildman–Crippen MR) is 231 cm³/mol. The van der Waals surface area contributed by atoms with Gasteiger partial charge in [-0.15, -0.1) is 0 Å². The van der Waals surface area contributed by atoms with Gasteiger partial charge in [0.1, 0.15) is 46.0 Å². The quantitative estimate of drug-likeness (QED) is 0.0591. The molecule has 4 aromatic rings. The van der Waals surface area contributed by atoms with Gasteiger partial charge in [-0.1, -0.05) is 73.7 Å². The number of likely N-dealkylation sites (N-methyl/N-ethyl adjacent to an activating group) is 1. The number of aliphatic hydroxyl groups is 4. The van der Waals surface area contributed by atoms with Crippen LogP contribution in [0, 0.1) is 11.8 Å². The molecular formula is C47H51N3O9P+. The van der Waals surface area contributed by atoms with Gasteiger partial charge in [0.05, 0.1) is 29.8 Å². The van der Waals surface area contributed by atoms with Gasteiger partial charge in [0, 0.05) is 30.0 Å². The van der Waals surface area contributed by atoms with Crippen molar-refractivity contribution in [1.29, 1.82) is 0 Å². The number of unbranched alkanes of at least 4 members (excludes halogenated alkanes) is 2. The Morgan fingerprint density at radius 3 is 1.88 bits per heavy atom. The summed E-state index contributed by atoms with van der Waals surface area (Å²) in [5.74, 6) is -9.78.